The lowest BCUT2D eigenvalue weighted by Gasteiger charge is -2.32. The van der Waals surface area contributed by atoms with E-state index in [-0.39, 0.29) is 18.6 Å². The van der Waals surface area contributed by atoms with Gasteiger partial charge in [0.1, 0.15) is 0 Å². The van der Waals surface area contributed by atoms with Crippen molar-refractivity contribution >= 4 is 16.8 Å². The number of ether oxygens (including phenoxy) is 1. The van der Waals surface area contributed by atoms with Crippen LogP contribution in [0.2, 0.25) is 0 Å². The maximum atomic E-state index is 12.8. The number of hydrogen-bond donors (Lipinski definition) is 1. The van der Waals surface area contributed by atoms with Gasteiger partial charge < -0.3 is 14.7 Å². The average Bonchev–Trinajstić information content (AvgIpc) is 2.61. The Kier molecular flexibility index (Phi) is 5.20. The molecule has 0 bridgehead atoms. The van der Waals surface area contributed by atoms with Crippen LogP contribution in [0.4, 0.5) is 0 Å². The summed E-state index contributed by atoms with van der Waals surface area (Å²) in [5.41, 5.74) is 1.57. The largest absolute Gasteiger partial charge is 0.396 e. The Balaban J connectivity index is 1.65. The molecule has 0 atom stereocenters. The molecular formula is C18H22N2O3. The highest BCUT2D eigenvalue weighted by atomic mass is 16.5. The molecule has 1 aromatic carbocycles. The van der Waals surface area contributed by atoms with E-state index < -0.39 is 0 Å². The Labute approximate surface area is 135 Å². The minimum atomic E-state index is 0.0670. The van der Waals surface area contributed by atoms with Crippen molar-refractivity contribution in [2.24, 2.45) is 0 Å². The molecule has 3 rings (SSSR count). The van der Waals surface area contributed by atoms with Crippen molar-refractivity contribution in [1.29, 1.82) is 0 Å². The van der Waals surface area contributed by atoms with Crippen LogP contribution in [0.3, 0.4) is 0 Å². The van der Waals surface area contributed by atoms with Crippen LogP contribution in [-0.4, -0.2) is 53.3 Å². The lowest BCUT2D eigenvalue weighted by molar-refractivity contribution is 0.00402. The molecule has 1 amide bonds. The molecule has 0 aliphatic carbocycles. The van der Waals surface area contributed by atoms with E-state index in [0.717, 1.165) is 29.3 Å². The number of piperidine rings is 1. The molecule has 1 aliphatic heterocycles. The predicted octanol–water partition coefficient (Wildman–Crippen LogP) is 2.24. The number of hydrogen-bond acceptors (Lipinski definition) is 4. The van der Waals surface area contributed by atoms with E-state index in [1.54, 1.807) is 6.20 Å². The van der Waals surface area contributed by atoms with Gasteiger partial charge in [0.15, 0.2) is 0 Å². The van der Waals surface area contributed by atoms with Gasteiger partial charge in [-0.1, -0.05) is 12.1 Å². The number of benzene rings is 1. The van der Waals surface area contributed by atoms with Gasteiger partial charge in [0.05, 0.1) is 11.6 Å². The van der Waals surface area contributed by atoms with Crippen LogP contribution in [-0.2, 0) is 4.74 Å². The summed E-state index contributed by atoms with van der Waals surface area (Å²) >= 11 is 0. The lowest BCUT2D eigenvalue weighted by atomic mass is 10.0. The molecule has 0 spiro atoms. The summed E-state index contributed by atoms with van der Waals surface area (Å²) in [6, 6.07) is 9.48. The van der Waals surface area contributed by atoms with Crippen LogP contribution >= 0.6 is 0 Å². The van der Waals surface area contributed by atoms with Crippen LogP contribution in [0.15, 0.2) is 36.5 Å². The molecular weight excluding hydrogens is 292 g/mol. The fraction of sp³-hybridized carbons (Fsp3) is 0.444. The monoisotopic (exact) mass is 314 g/mol. The van der Waals surface area contributed by atoms with Crippen molar-refractivity contribution in [3.8, 4) is 0 Å². The zero-order valence-electron chi connectivity index (χ0n) is 13.1. The minimum Gasteiger partial charge on any atom is -0.396 e. The normalized spacial score (nSPS) is 16.0. The third-order valence-electron chi connectivity index (χ3n) is 4.26. The van der Waals surface area contributed by atoms with Gasteiger partial charge >= 0.3 is 0 Å². The molecule has 2 heterocycles. The molecule has 122 valence electrons. The van der Waals surface area contributed by atoms with Crippen molar-refractivity contribution in [2.45, 2.75) is 25.4 Å². The number of carbonyl (C=O) groups is 1. The van der Waals surface area contributed by atoms with Crippen molar-refractivity contribution in [3.05, 3.63) is 42.1 Å². The van der Waals surface area contributed by atoms with E-state index in [1.807, 2.05) is 35.2 Å². The van der Waals surface area contributed by atoms with E-state index in [0.29, 0.717) is 26.1 Å². The van der Waals surface area contributed by atoms with Crippen molar-refractivity contribution in [3.63, 3.8) is 0 Å². The second-order valence-electron chi connectivity index (χ2n) is 5.82. The number of pyridine rings is 1. The molecule has 2 aromatic rings. The third kappa shape index (κ3) is 3.68. The van der Waals surface area contributed by atoms with Gasteiger partial charge in [-0.2, -0.15) is 0 Å². The predicted molar refractivity (Wildman–Crippen MR) is 88.3 cm³/mol. The zero-order valence-corrected chi connectivity index (χ0v) is 13.1. The standard InChI is InChI=1S/C18H22N2O3/c21-12-3-13-23-14-7-10-20(11-8-14)18(22)16-4-1-6-17-15(16)5-2-9-19-17/h1-2,4-6,9,14,21H,3,7-8,10-13H2. The van der Waals surface area contributed by atoms with Gasteiger partial charge in [0.2, 0.25) is 0 Å². The Hall–Kier alpha value is -1.98. The highest BCUT2D eigenvalue weighted by molar-refractivity contribution is 6.06. The van der Waals surface area contributed by atoms with E-state index in [2.05, 4.69) is 4.98 Å². The maximum absolute atomic E-state index is 12.8. The molecule has 1 fully saturated rings. The quantitative estimate of drug-likeness (QED) is 0.860. The van der Waals surface area contributed by atoms with Gasteiger partial charge in [-0.15, -0.1) is 0 Å². The van der Waals surface area contributed by atoms with Crippen LogP contribution in [0.1, 0.15) is 29.6 Å². The first kappa shape index (κ1) is 15.9. The summed E-state index contributed by atoms with van der Waals surface area (Å²) in [5.74, 6) is 0.0670. The second kappa shape index (κ2) is 7.53. The molecule has 0 radical (unpaired) electrons. The van der Waals surface area contributed by atoms with Gasteiger partial charge in [0.25, 0.3) is 5.91 Å². The van der Waals surface area contributed by atoms with Gasteiger partial charge in [-0.3, -0.25) is 9.78 Å². The molecule has 1 saturated heterocycles. The Morgan fingerprint density at radius 2 is 2.09 bits per heavy atom. The fourth-order valence-electron chi connectivity index (χ4n) is 3.00. The Morgan fingerprint density at radius 1 is 1.26 bits per heavy atom. The van der Waals surface area contributed by atoms with E-state index in [9.17, 15) is 4.79 Å². The Morgan fingerprint density at radius 3 is 2.87 bits per heavy atom. The molecule has 0 saturated carbocycles. The fourth-order valence-corrected chi connectivity index (χ4v) is 3.00. The lowest BCUT2D eigenvalue weighted by Crippen LogP contribution is -2.41. The van der Waals surface area contributed by atoms with Crippen LogP contribution in [0.25, 0.3) is 10.9 Å². The first-order valence-electron chi connectivity index (χ1n) is 8.15. The summed E-state index contributed by atoms with van der Waals surface area (Å²) in [4.78, 5) is 19.0. The third-order valence-corrected chi connectivity index (χ3v) is 4.26. The van der Waals surface area contributed by atoms with Crippen molar-refractivity contribution in [2.75, 3.05) is 26.3 Å². The Bertz CT molecular complexity index is 661. The molecule has 23 heavy (non-hydrogen) atoms. The summed E-state index contributed by atoms with van der Waals surface area (Å²) in [5, 5.41) is 9.69. The highest BCUT2D eigenvalue weighted by Crippen LogP contribution is 2.21. The van der Waals surface area contributed by atoms with Crippen molar-refractivity contribution in [1.82, 2.24) is 9.88 Å². The summed E-state index contributed by atoms with van der Waals surface area (Å²) in [7, 11) is 0. The van der Waals surface area contributed by atoms with E-state index in [4.69, 9.17) is 9.84 Å². The number of carbonyl (C=O) groups excluding carboxylic acids is 1. The molecule has 1 aromatic heterocycles. The van der Waals surface area contributed by atoms with Gasteiger partial charge in [0, 0.05) is 43.4 Å². The van der Waals surface area contributed by atoms with Crippen molar-refractivity contribution < 1.29 is 14.6 Å². The molecule has 5 heteroatoms. The van der Waals surface area contributed by atoms with Crippen LogP contribution < -0.4 is 0 Å². The molecule has 0 unspecified atom stereocenters. The number of aliphatic hydroxyl groups is 1. The van der Waals surface area contributed by atoms with Crippen LogP contribution in [0.5, 0.6) is 0 Å². The first-order valence-corrected chi connectivity index (χ1v) is 8.15. The number of rotatable bonds is 5. The van der Waals surface area contributed by atoms with Gasteiger partial charge in [-0.05, 0) is 37.5 Å². The highest BCUT2D eigenvalue weighted by Gasteiger charge is 2.24. The summed E-state index contributed by atoms with van der Waals surface area (Å²) in [6.07, 6.45) is 4.30. The smallest absolute Gasteiger partial charge is 0.254 e. The van der Waals surface area contributed by atoms with Crippen LogP contribution in [0, 0.1) is 0 Å². The SMILES string of the molecule is O=C(c1cccc2ncccc12)N1CCC(OCCCO)CC1. The number of nitrogens with zero attached hydrogens (tertiary/aromatic N) is 2. The number of amides is 1. The maximum Gasteiger partial charge on any atom is 0.254 e. The molecule has 1 aliphatic rings. The number of likely N-dealkylation sites (tertiary alicyclic amines) is 1. The molecule has 1 N–H and O–H groups in total. The second-order valence-corrected chi connectivity index (χ2v) is 5.82. The first-order chi connectivity index (χ1) is 11.3. The van der Waals surface area contributed by atoms with E-state index >= 15 is 0 Å². The number of aliphatic hydroxyl groups excluding tert-OH is 1. The van der Waals surface area contributed by atoms with Gasteiger partial charge in [-0.25, -0.2) is 0 Å². The zero-order chi connectivity index (χ0) is 16.1. The summed E-state index contributed by atoms with van der Waals surface area (Å²) in [6.45, 7) is 2.16. The minimum absolute atomic E-state index is 0.0670. The number of fused-ring (bicyclic) bond motifs is 1. The number of aromatic nitrogens is 1. The topological polar surface area (TPSA) is 62.7 Å². The average molecular weight is 314 g/mol. The summed E-state index contributed by atoms with van der Waals surface area (Å²) < 4.78 is 5.72. The van der Waals surface area contributed by atoms with E-state index in [1.165, 1.54) is 0 Å². The molecule has 5 nitrogen and oxygen atoms in total.